The van der Waals surface area contributed by atoms with Crippen LogP contribution in [0.5, 0.6) is 5.75 Å². The Kier molecular flexibility index (Phi) is 5.73. The molecule has 31 heavy (non-hydrogen) atoms. The first-order valence-electron chi connectivity index (χ1n) is 9.57. The Hall–Kier alpha value is -3.65. The number of carbonyl (C=O) groups is 1. The molecular weight excluding hydrogens is 414 g/mol. The Bertz CT molecular complexity index is 1290. The van der Waals surface area contributed by atoms with E-state index in [1.54, 1.807) is 32.0 Å². The first-order valence-corrected chi connectivity index (χ1v) is 10.4. The number of para-hydroxylation sites is 1. The van der Waals surface area contributed by atoms with Crippen LogP contribution in [0.4, 0.5) is 5.69 Å². The highest BCUT2D eigenvalue weighted by atomic mass is 32.2. The monoisotopic (exact) mass is 433 g/mol. The Labute approximate surface area is 182 Å². The first-order chi connectivity index (χ1) is 15.0. The molecule has 4 rings (SSSR count). The molecule has 0 N–H and O–H groups in total. The van der Waals surface area contributed by atoms with Crippen molar-refractivity contribution in [3.05, 3.63) is 88.2 Å². The summed E-state index contributed by atoms with van der Waals surface area (Å²) in [6, 6.07) is 20.0. The van der Waals surface area contributed by atoms with E-state index in [-0.39, 0.29) is 18.2 Å². The molecule has 0 radical (unpaired) electrons. The van der Waals surface area contributed by atoms with E-state index in [2.05, 4.69) is 5.10 Å². The van der Waals surface area contributed by atoms with Gasteiger partial charge in [-0.25, -0.2) is 4.68 Å². The highest BCUT2D eigenvalue weighted by molar-refractivity contribution is 7.99. The molecule has 8 heteroatoms. The molecular formula is C23H19N3O4S. The van der Waals surface area contributed by atoms with Gasteiger partial charge < -0.3 is 4.74 Å². The second-order valence-corrected chi connectivity index (χ2v) is 7.95. The molecule has 0 aliphatic carbocycles. The lowest BCUT2D eigenvalue weighted by Gasteiger charge is -2.09. The third-order valence-corrected chi connectivity index (χ3v) is 6.20. The Morgan fingerprint density at radius 1 is 1.06 bits per heavy atom. The van der Waals surface area contributed by atoms with Gasteiger partial charge in [-0.15, -0.1) is 0 Å². The molecule has 0 atom stereocenters. The molecule has 0 spiro atoms. The van der Waals surface area contributed by atoms with Gasteiger partial charge in [-0.05, 0) is 31.4 Å². The van der Waals surface area contributed by atoms with E-state index in [1.165, 1.54) is 22.5 Å². The van der Waals surface area contributed by atoms with Crippen LogP contribution in [0.25, 0.3) is 10.8 Å². The summed E-state index contributed by atoms with van der Waals surface area (Å²) in [5, 5.41) is 17.6. The molecule has 0 aliphatic heterocycles. The molecule has 0 saturated heterocycles. The maximum absolute atomic E-state index is 12.8. The molecule has 7 nitrogen and oxygen atoms in total. The Balaban J connectivity index is 1.56. The molecule has 4 aromatic rings. The summed E-state index contributed by atoms with van der Waals surface area (Å²) in [5.74, 6) is 0.311. The van der Waals surface area contributed by atoms with Gasteiger partial charge in [-0.1, -0.05) is 60.3 Å². The summed E-state index contributed by atoms with van der Waals surface area (Å²) in [6.07, 6.45) is 0. The lowest BCUT2D eigenvalue weighted by molar-refractivity contribution is -0.387. The largest absolute Gasteiger partial charge is 0.483 e. The molecule has 0 unspecified atom stereocenters. The quantitative estimate of drug-likeness (QED) is 0.298. The number of benzene rings is 3. The topological polar surface area (TPSA) is 87.3 Å². The van der Waals surface area contributed by atoms with Crippen LogP contribution in [0, 0.1) is 24.0 Å². The summed E-state index contributed by atoms with van der Waals surface area (Å²) in [5.41, 5.74) is 1.26. The average molecular weight is 433 g/mol. The smallest absolute Gasteiger partial charge is 0.285 e. The number of hydrogen-bond donors (Lipinski definition) is 0. The Morgan fingerprint density at radius 2 is 1.77 bits per heavy atom. The molecule has 1 aromatic heterocycles. The van der Waals surface area contributed by atoms with Gasteiger partial charge in [0.05, 0.1) is 26.1 Å². The number of fused-ring (bicyclic) bond motifs is 1. The van der Waals surface area contributed by atoms with Crippen LogP contribution in [0.15, 0.2) is 76.5 Å². The standard InChI is InChI=1S/C23H19N3O4S/c1-15-23(31-21-13-6-5-11-19(21)26(28)29)16(2)25(24-15)22(27)14-30-20-12-7-9-17-8-3-4-10-18(17)20/h3-13H,14H2,1-2H3. The van der Waals surface area contributed by atoms with E-state index < -0.39 is 4.92 Å². The van der Waals surface area contributed by atoms with Crippen molar-refractivity contribution >= 4 is 34.1 Å². The fourth-order valence-corrected chi connectivity index (χ4v) is 4.38. The number of hydrogen-bond acceptors (Lipinski definition) is 6. The maximum atomic E-state index is 12.8. The minimum atomic E-state index is -0.416. The number of nitro benzene ring substituents is 1. The zero-order chi connectivity index (χ0) is 22.0. The SMILES string of the molecule is Cc1nn(C(=O)COc2cccc3ccccc23)c(C)c1Sc1ccccc1[N+](=O)[O-]. The van der Waals surface area contributed by atoms with Crippen molar-refractivity contribution in [2.75, 3.05) is 6.61 Å². The molecule has 0 saturated carbocycles. The maximum Gasteiger partial charge on any atom is 0.285 e. The van der Waals surface area contributed by atoms with Crippen molar-refractivity contribution in [2.24, 2.45) is 0 Å². The second kappa shape index (κ2) is 8.61. The summed E-state index contributed by atoms with van der Waals surface area (Å²) >= 11 is 1.23. The van der Waals surface area contributed by atoms with Crippen LogP contribution < -0.4 is 4.74 Å². The van der Waals surface area contributed by atoms with E-state index in [0.717, 1.165) is 10.8 Å². The molecule has 0 aliphatic rings. The van der Waals surface area contributed by atoms with Crippen LogP contribution in [0.2, 0.25) is 0 Å². The van der Waals surface area contributed by atoms with Gasteiger partial charge in [0, 0.05) is 11.5 Å². The number of rotatable bonds is 6. The molecule has 1 heterocycles. The van der Waals surface area contributed by atoms with Gasteiger partial charge in [0.1, 0.15) is 5.75 Å². The van der Waals surface area contributed by atoms with Crippen molar-refractivity contribution in [2.45, 2.75) is 23.6 Å². The predicted octanol–water partition coefficient (Wildman–Crippen LogP) is 5.43. The van der Waals surface area contributed by atoms with Gasteiger partial charge >= 0.3 is 0 Å². The highest BCUT2D eigenvalue weighted by Crippen LogP contribution is 2.37. The van der Waals surface area contributed by atoms with Crippen LogP contribution in [-0.2, 0) is 0 Å². The van der Waals surface area contributed by atoms with Gasteiger partial charge in [-0.2, -0.15) is 5.10 Å². The summed E-state index contributed by atoms with van der Waals surface area (Å²) in [4.78, 5) is 24.9. The zero-order valence-corrected chi connectivity index (χ0v) is 17.8. The summed E-state index contributed by atoms with van der Waals surface area (Å²) in [7, 11) is 0. The molecule has 0 fully saturated rings. The van der Waals surface area contributed by atoms with Crippen molar-refractivity contribution in [1.82, 2.24) is 9.78 Å². The average Bonchev–Trinajstić information content (AvgIpc) is 3.06. The number of carbonyl (C=O) groups excluding carboxylic acids is 1. The van der Waals surface area contributed by atoms with E-state index >= 15 is 0 Å². The first kappa shape index (κ1) is 20.6. The lowest BCUT2D eigenvalue weighted by Crippen LogP contribution is -2.21. The molecule has 0 bridgehead atoms. The summed E-state index contributed by atoms with van der Waals surface area (Å²) < 4.78 is 7.11. The normalized spacial score (nSPS) is 10.9. The fourth-order valence-electron chi connectivity index (χ4n) is 3.35. The second-order valence-electron chi connectivity index (χ2n) is 6.90. The fraction of sp³-hybridized carbons (Fsp3) is 0.130. The molecule has 3 aromatic carbocycles. The minimum Gasteiger partial charge on any atom is -0.483 e. The number of aryl methyl sites for hydroxylation is 1. The molecule has 0 amide bonds. The number of aromatic nitrogens is 2. The minimum absolute atomic E-state index is 0.0182. The van der Waals surface area contributed by atoms with Gasteiger partial charge in [-0.3, -0.25) is 14.9 Å². The summed E-state index contributed by atoms with van der Waals surface area (Å²) in [6.45, 7) is 3.37. The third kappa shape index (κ3) is 4.15. The van der Waals surface area contributed by atoms with Crippen LogP contribution in [0.1, 0.15) is 16.2 Å². The van der Waals surface area contributed by atoms with E-state index in [9.17, 15) is 14.9 Å². The highest BCUT2D eigenvalue weighted by Gasteiger charge is 2.21. The van der Waals surface area contributed by atoms with E-state index in [0.29, 0.717) is 26.9 Å². The van der Waals surface area contributed by atoms with Crippen molar-refractivity contribution in [3.8, 4) is 5.75 Å². The third-order valence-electron chi connectivity index (χ3n) is 4.84. The lowest BCUT2D eigenvalue weighted by atomic mass is 10.1. The Morgan fingerprint density at radius 3 is 2.58 bits per heavy atom. The van der Waals surface area contributed by atoms with Gasteiger partial charge in [0.2, 0.25) is 0 Å². The molecule has 156 valence electrons. The number of nitrogens with zero attached hydrogens (tertiary/aromatic N) is 3. The predicted molar refractivity (Wildman–Crippen MR) is 119 cm³/mol. The van der Waals surface area contributed by atoms with Crippen LogP contribution in [-0.4, -0.2) is 27.2 Å². The van der Waals surface area contributed by atoms with E-state index in [4.69, 9.17) is 4.74 Å². The van der Waals surface area contributed by atoms with Crippen LogP contribution in [0.3, 0.4) is 0 Å². The van der Waals surface area contributed by atoms with Crippen molar-refractivity contribution in [1.29, 1.82) is 0 Å². The van der Waals surface area contributed by atoms with Crippen molar-refractivity contribution < 1.29 is 14.5 Å². The van der Waals surface area contributed by atoms with Crippen LogP contribution >= 0.6 is 11.8 Å². The van der Waals surface area contributed by atoms with E-state index in [1.807, 2.05) is 42.5 Å². The zero-order valence-electron chi connectivity index (χ0n) is 16.9. The van der Waals surface area contributed by atoms with Gasteiger partial charge in [0.15, 0.2) is 6.61 Å². The van der Waals surface area contributed by atoms with Gasteiger partial charge in [0.25, 0.3) is 11.6 Å². The number of ether oxygens (including phenoxy) is 1. The number of nitro groups is 1. The van der Waals surface area contributed by atoms with Crippen molar-refractivity contribution in [3.63, 3.8) is 0 Å².